The van der Waals surface area contributed by atoms with Gasteiger partial charge < -0.3 is 14.7 Å². The lowest BCUT2D eigenvalue weighted by Crippen LogP contribution is -2.36. The molecule has 3 aromatic rings. The second-order valence-corrected chi connectivity index (χ2v) is 5.91. The predicted octanol–water partition coefficient (Wildman–Crippen LogP) is 1.98. The fourth-order valence-electron chi connectivity index (χ4n) is 2.63. The standard InChI is InChI=1S/C19H21N3O3/c1-21(12-16(23)14-25-13-15-7-3-2-4-8-15)19(24)17-11-20-18-9-5-6-10-22(17)18/h2-11,16,23H,12-14H2,1H3. The van der Waals surface area contributed by atoms with Gasteiger partial charge in [-0.05, 0) is 17.7 Å². The lowest BCUT2D eigenvalue weighted by atomic mass is 10.2. The number of amides is 1. The third kappa shape index (κ3) is 4.23. The number of likely N-dealkylation sites (N-methyl/N-ethyl adjacent to an activating group) is 1. The number of carbonyl (C=O) groups is 1. The molecule has 3 rings (SSSR count). The summed E-state index contributed by atoms with van der Waals surface area (Å²) >= 11 is 0. The Bertz CT molecular complexity index is 832. The van der Waals surface area contributed by atoms with Gasteiger partial charge in [0, 0.05) is 19.8 Å². The molecule has 1 amide bonds. The number of rotatable bonds is 7. The predicted molar refractivity (Wildman–Crippen MR) is 94.3 cm³/mol. The molecule has 2 aromatic heterocycles. The average Bonchev–Trinajstić information content (AvgIpc) is 3.06. The van der Waals surface area contributed by atoms with E-state index in [2.05, 4.69) is 4.98 Å². The molecule has 1 aromatic carbocycles. The second-order valence-electron chi connectivity index (χ2n) is 5.91. The maximum Gasteiger partial charge on any atom is 0.272 e. The van der Waals surface area contributed by atoms with Crippen LogP contribution < -0.4 is 0 Å². The fraction of sp³-hybridized carbons (Fsp3) is 0.263. The average molecular weight is 339 g/mol. The van der Waals surface area contributed by atoms with Crippen molar-refractivity contribution < 1.29 is 14.6 Å². The normalized spacial score (nSPS) is 12.2. The highest BCUT2D eigenvalue weighted by atomic mass is 16.5. The number of benzene rings is 1. The van der Waals surface area contributed by atoms with Gasteiger partial charge in [-0.15, -0.1) is 0 Å². The summed E-state index contributed by atoms with van der Waals surface area (Å²) in [5.41, 5.74) is 2.23. The minimum Gasteiger partial charge on any atom is -0.389 e. The molecule has 0 saturated heterocycles. The summed E-state index contributed by atoms with van der Waals surface area (Å²) in [6.45, 7) is 0.788. The zero-order valence-electron chi connectivity index (χ0n) is 14.1. The molecule has 0 aliphatic heterocycles. The van der Waals surface area contributed by atoms with Gasteiger partial charge in [0.2, 0.25) is 0 Å². The van der Waals surface area contributed by atoms with E-state index in [1.807, 2.05) is 48.5 Å². The molecule has 2 heterocycles. The topological polar surface area (TPSA) is 67.1 Å². The van der Waals surface area contributed by atoms with Gasteiger partial charge in [0.25, 0.3) is 5.91 Å². The van der Waals surface area contributed by atoms with Crippen LogP contribution in [-0.4, -0.2) is 51.6 Å². The molecule has 25 heavy (non-hydrogen) atoms. The molecule has 1 atom stereocenters. The molecule has 0 fully saturated rings. The molecule has 0 spiro atoms. The van der Waals surface area contributed by atoms with Crippen LogP contribution in [0.25, 0.3) is 5.65 Å². The molecule has 6 heteroatoms. The smallest absolute Gasteiger partial charge is 0.272 e. The van der Waals surface area contributed by atoms with Crippen LogP contribution in [0.4, 0.5) is 0 Å². The van der Waals surface area contributed by atoms with Crippen LogP contribution in [0.1, 0.15) is 16.1 Å². The summed E-state index contributed by atoms with van der Waals surface area (Å²) in [4.78, 5) is 18.3. The van der Waals surface area contributed by atoms with Crippen LogP contribution in [0, 0.1) is 0 Å². The van der Waals surface area contributed by atoms with Crippen molar-refractivity contribution in [3.8, 4) is 0 Å². The Morgan fingerprint density at radius 3 is 2.80 bits per heavy atom. The zero-order chi connectivity index (χ0) is 17.6. The first-order valence-corrected chi connectivity index (χ1v) is 8.12. The third-order valence-electron chi connectivity index (χ3n) is 3.89. The van der Waals surface area contributed by atoms with Gasteiger partial charge in [0.15, 0.2) is 0 Å². The van der Waals surface area contributed by atoms with Crippen molar-refractivity contribution in [1.29, 1.82) is 0 Å². The van der Waals surface area contributed by atoms with E-state index >= 15 is 0 Å². The van der Waals surface area contributed by atoms with Gasteiger partial charge in [0.05, 0.1) is 25.5 Å². The lowest BCUT2D eigenvalue weighted by molar-refractivity contribution is 0.0135. The largest absolute Gasteiger partial charge is 0.389 e. The molecule has 0 aliphatic carbocycles. The minimum absolute atomic E-state index is 0.166. The number of aliphatic hydroxyl groups excluding tert-OH is 1. The van der Waals surface area contributed by atoms with Crippen molar-refractivity contribution >= 4 is 11.6 Å². The van der Waals surface area contributed by atoms with Gasteiger partial charge in [0.1, 0.15) is 11.3 Å². The number of imidazole rings is 1. The van der Waals surface area contributed by atoms with Gasteiger partial charge in [-0.2, -0.15) is 0 Å². The van der Waals surface area contributed by atoms with Crippen LogP contribution >= 0.6 is 0 Å². The Morgan fingerprint density at radius 1 is 1.24 bits per heavy atom. The summed E-state index contributed by atoms with van der Waals surface area (Å²) < 4.78 is 7.25. The monoisotopic (exact) mass is 339 g/mol. The van der Waals surface area contributed by atoms with Crippen molar-refractivity contribution in [2.24, 2.45) is 0 Å². The summed E-state index contributed by atoms with van der Waals surface area (Å²) in [7, 11) is 1.66. The van der Waals surface area contributed by atoms with E-state index in [9.17, 15) is 9.90 Å². The number of hydrogen-bond acceptors (Lipinski definition) is 4. The molecule has 0 saturated carbocycles. The van der Waals surface area contributed by atoms with Crippen molar-refractivity contribution in [2.45, 2.75) is 12.7 Å². The number of aliphatic hydroxyl groups is 1. The van der Waals surface area contributed by atoms with E-state index in [-0.39, 0.29) is 19.1 Å². The van der Waals surface area contributed by atoms with Crippen LogP contribution in [-0.2, 0) is 11.3 Å². The number of carbonyl (C=O) groups excluding carboxylic acids is 1. The Labute approximate surface area is 146 Å². The van der Waals surface area contributed by atoms with E-state index in [1.165, 1.54) is 4.90 Å². The van der Waals surface area contributed by atoms with Crippen molar-refractivity contribution in [1.82, 2.24) is 14.3 Å². The second kappa shape index (κ2) is 7.92. The SMILES string of the molecule is CN(CC(O)COCc1ccccc1)C(=O)c1cnc2ccccn12. The molecule has 1 N–H and O–H groups in total. The van der Waals surface area contributed by atoms with Crippen LogP contribution in [0.2, 0.25) is 0 Å². The molecular weight excluding hydrogens is 318 g/mol. The number of nitrogens with zero attached hydrogens (tertiary/aromatic N) is 3. The number of pyridine rings is 1. The molecule has 0 bridgehead atoms. The van der Waals surface area contributed by atoms with Crippen LogP contribution in [0.5, 0.6) is 0 Å². The first kappa shape index (κ1) is 17.1. The van der Waals surface area contributed by atoms with E-state index in [0.29, 0.717) is 17.9 Å². The van der Waals surface area contributed by atoms with E-state index < -0.39 is 6.10 Å². The van der Waals surface area contributed by atoms with Crippen molar-refractivity contribution in [2.75, 3.05) is 20.2 Å². The summed E-state index contributed by atoms with van der Waals surface area (Å²) in [6.07, 6.45) is 2.59. The van der Waals surface area contributed by atoms with Gasteiger partial charge in [-0.3, -0.25) is 9.20 Å². The summed E-state index contributed by atoms with van der Waals surface area (Å²) in [5.74, 6) is -0.194. The summed E-state index contributed by atoms with van der Waals surface area (Å²) in [6, 6.07) is 15.3. The quantitative estimate of drug-likeness (QED) is 0.715. The molecule has 0 radical (unpaired) electrons. The van der Waals surface area contributed by atoms with E-state index in [1.54, 1.807) is 23.8 Å². The van der Waals surface area contributed by atoms with Gasteiger partial charge in [-0.1, -0.05) is 36.4 Å². The molecule has 130 valence electrons. The van der Waals surface area contributed by atoms with Crippen molar-refractivity contribution in [3.63, 3.8) is 0 Å². The molecule has 6 nitrogen and oxygen atoms in total. The van der Waals surface area contributed by atoms with E-state index in [0.717, 1.165) is 5.56 Å². The Balaban J connectivity index is 1.52. The zero-order valence-corrected chi connectivity index (χ0v) is 14.1. The first-order valence-electron chi connectivity index (χ1n) is 8.12. The van der Waals surface area contributed by atoms with Crippen LogP contribution in [0.3, 0.4) is 0 Å². The maximum absolute atomic E-state index is 12.6. The molecule has 0 aliphatic rings. The third-order valence-corrected chi connectivity index (χ3v) is 3.89. The first-order chi connectivity index (χ1) is 12.1. The Morgan fingerprint density at radius 2 is 2.00 bits per heavy atom. The number of ether oxygens (including phenoxy) is 1. The Kier molecular flexibility index (Phi) is 5.42. The number of fused-ring (bicyclic) bond motifs is 1. The highest BCUT2D eigenvalue weighted by Crippen LogP contribution is 2.09. The highest BCUT2D eigenvalue weighted by Gasteiger charge is 2.19. The highest BCUT2D eigenvalue weighted by molar-refractivity contribution is 5.93. The van der Waals surface area contributed by atoms with E-state index in [4.69, 9.17) is 4.74 Å². The Hall–Kier alpha value is -2.70. The lowest BCUT2D eigenvalue weighted by Gasteiger charge is -2.20. The minimum atomic E-state index is -0.753. The van der Waals surface area contributed by atoms with Gasteiger partial charge >= 0.3 is 0 Å². The van der Waals surface area contributed by atoms with Gasteiger partial charge in [-0.25, -0.2) is 4.98 Å². The molecular formula is C19H21N3O3. The number of hydrogen-bond donors (Lipinski definition) is 1. The van der Waals surface area contributed by atoms with Crippen LogP contribution in [0.15, 0.2) is 60.9 Å². The maximum atomic E-state index is 12.6. The number of aromatic nitrogens is 2. The fourth-order valence-corrected chi connectivity index (χ4v) is 2.63. The summed E-state index contributed by atoms with van der Waals surface area (Å²) in [5, 5.41) is 10.1. The van der Waals surface area contributed by atoms with Crippen molar-refractivity contribution in [3.05, 3.63) is 72.2 Å². The molecule has 1 unspecified atom stereocenters.